The van der Waals surface area contributed by atoms with Crippen molar-refractivity contribution in [3.8, 4) is 11.5 Å². The molecule has 0 unspecified atom stereocenters. The summed E-state index contributed by atoms with van der Waals surface area (Å²) < 4.78 is 1.23. The van der Waals surface area contributed by atoms with E-state index in [1.54, 1.807) is 13.0 Å². The SMILES string of the molecule is Cc1cc(SCC2=C(C(=O)O)N3C(=O)[C@@H](NC(=O)/C(=N/O[C@H](C(=O)O)c4ccc(O)c(O)c4)c4csc(N)n4)[C@H]3SC2)n2nc(C(=O)O)nc2n1. The highest BCUT2D eigenvalue weighted by molar-refractivity contribution is 8.01. The number of rotatable bonds is 12. The molecule has 2 amide bonds. The number of carboxylic acid groups (broad SMARTS) is 3. The number of phenols is 2. The van der Waals surface area contributed by atoms with Crippen LogP contribution in [-0.2, 0) is 24.0 Å². The number of fused-ring (bicyclic) bond motifs is 2. The van der Waals surface area contributed by atoms with Gasteiger partial charge in [0.05, 0.1) is 0 Å². The molecule has 264 valence electrons. The van der Waals surface area contributed by atoms with Gasteiger partial charge in [-0.3, -0.25) is 14.5 Å². The molecule has 5 heterocycles. The Morgan fingerprint density at radius 2 is 1.88 bits per heavy atom. The van der Waals surface area contributed by atoms with Crippen molar-refractivity contribution in [2.24, 2.45) is 5.16 Å². The van der Waals surface area contributed by atoms with Crippen LogP contribution < -0.4 is 11.1 Å². The summed E-state index contributed by atoms with van der Waals surface area (Å²) in [6.07, 6.45) is -1.85. The molecule has 51 heavy (non-hydrogen) atoms. The van der Waals surface area contributed by atoms with Crippen LogP contribution in [0.2, 0.25) is 0 Å². The minimum atomic E-state index is -1.85. The molecular formula is C28H23N9O11S3. The third kappa shape index (κ3) is 6.80. The number of β-lactam (4-membered cyclic amide) rings is 1. The zero-order valence-corrected chi connectivity index (χ0v) is 28.1. The van der Waals surface area contributed by atoms with Gasteiger partial charge in [-0.25, -0.2) is 24.4 Å². The number of benzene rings is 1. The lowest BCUT2D eigenvalue weighted by atomic mass is 10.0. The molecular weight excluding hydrogens is 735 g/mol. The van der Waals surface area contributed by atoms with Gasteiger partial charge in [-0.05, 0) is 30.7 Å². The average molecular weight is 758 g/mol. The van der Waals surface area contributed by atoms with Gasteiger partial charge in [0.15, 0.2) is 22.3 Å². The quantitative estimate of drug-likeness (QED) is 0.0261. The van der Waals surface area contributed by atoms with Crippen molar-refractivity contribution in [3.63, 3.8) is 0 Å². The van der Waals surface area contributed by atoms with Gasteiger partial charge in [0, 0.05) is 28.1 Å². The Kier molecular flexibility index (Phi) is 9.42. The van der Waals surface area contributed by atoms with E-state index in [2.05, 4.69) is 30.5 Å². The van der Waals surface area contributed by atoms with Gasteiger partial charge >= 0.3 is 17.9 Å². The number of aromatic nitrogens is 5. The number of thioether (sulfide) groups is 2. The molecule has 1 saturated heterocycles. The van der Waals surface area contributed by atoms with Crippen molar-refractivity contribution in [1.29, 1.82) is 0 Å². The molecule has 1 fully saturated rings. The van der Waals surface area contributed by atoms with Crippen molar-refractivity contribution in [2.75, 3.05) is 17.2 Å². The van der Waals surface area contributed by atoms with Crippen LogP contribution in [0.4, 0.5) is 5.13 Å². The van der Waals surface area contributed by atoms with Crippen LogP contribution in [0.5, 0.6) is 11.5 Å². The molecule has 0 radical (unpaired) electrons. The number of nitrogens with zero attached hydrogens (tertiary/aromatic N) is 7. The number of phenolic OH excluding ortho intramolecular Hbond substituents is 2. The number of oxime groups is 1. The molecule has 0 bridgehead atoms. The van der Waals surface area contributed by atoms with Crippen LogP contribution >= 0.6 is 34.9 Å². The minimum Gasteiger partial charge on any atom is -0.504 e. The highest BCUT2D eigenvalue weighted by atomic mass is 32.2. The van der Waals surface area contributed by atoms with E-state index >= 15 is 0 Å². The maximum atomic E-state index is 13.5. The predicted molar refractivity (Wildman–Crippen MR) is 177 cm³/mol. The fourth-order valence-electron chi connectivity index (χ4n) is 4.97. The number of aromatic carboxylic acids is 1. The summed E-state index contributed by atoms with van der Waals surface area (Å²) in [5.41, 5.74) is 5.56. The topological polar surface area (TPSA) is 305 Å². The van der Waals surface area contributed by atoms with Gasteiger partial charge in [0.1, 0.15) is 27.8 Å². The first-order valence-corrected chi connectivity index (χ1v) is 17.2. The first kappa shape index (κ1) is 34.9. The molecule has 20 nitrogen and oxygen atoms in total. The van der Waals surface area contributed by atoms with E-state index in [1.165, 1.54) is 21.7 Å². The van der Waals surface area contributed by atoms with E-state index in [0.717, 1.165) is 46.2 Å². The molecule has 2 aliphatic heterocycles. The number of nitrogens with one attached hydrogen (secondary N) is 1. The Morgan fingerprint density at radius 1 is 1.12 bits per heavy atom. The lowest BCUT2D eigenvalue weighted by Crippen LogP contribution is -2.71. The summed E-state index contributed by atoms with van der Waals surface area (Å²) in [6, 6.07) is 3.55. The molecule has 0 aliphatic carbocycles. The van der Waals surface area contributed by atoms with Crippen molar-refractivity contribution in [3.05, 3.63) is 63.7 Å². The number of amides is 2. The second kappa shape index (κ2) is 13.8. The van der Waals surface area contributed by atoms with Crippen molar-refractivity contribution < 1.29 is 54.3 Å². The Morgan fingerprint density at radius 3 is 2.53 bits per heavy atom. The smallest absolute Gasteiger partial charge is 0.375 e. The van der Waals surface area contributed by atoms with Crippen LogP contribution in [0.25, 0.3) is 5.78 Å². The Balaban J connectivity index is 1.21. The predicted octanol–water partition coefficient (Wildman–Crippen LogP) is 0.658. The lowest BCUT2D eigenvalue weighted by molar-refractivity contribution is -0.151. The number of aliphatic carboxylic acids is 2. The number of thiazole rings is 1. The molecule has 0 spiro atoms. The first-order chi connectivity index (χ1) is 24.2. The van der Waals surface area contributed by atoms with Gasteiger partial charge in [-0.15, -0.1) is 40.0 Å². The van der Waals surface area contributed by atoms with E-state index in [1.807, 2.05) is 0 Å². The van der Waals surface area contributed by atoms with Crippen molar-refractivity contribution >= 4 is 81.2 Å². The zero-order valence-electron chi connectivity index (χ0n) is 25.7. The molecule has 8 N–H and O–H groups in total. The summed E-state index contributed by atoms with van der Waals surface area (Å²) in [6.45, 7) is 1.67. The Labute approximate surface area is 296 Å². The number of hydrogen-bond donors (Lipinski definition) is 7. The number of aromatic hydroxyl groups is 2. The normalized spacial score (nSPS) is 17.9. The molecule has 1 aromatic carbocycles. The summed E-state index contributed by atoms with van der Waals surface area (Å²) in [5, 5.41) is 59.7. The second-order valence-corrected chi connectivity index (χ2v) is 13.7. The van der Waals surface area contributed by atoms with Gasteiger partial charge < -0.3 is 41.4 Å². The molecule has 3 atom stereocenters. The summed E-state index contributed by atoms with van der Waals surface area (Å²) in [7, 11) is 0. The van der Waals surface area contributed by atoms with Crippen LogP contribution in [-0.4, -0.2) is 113 Å². The Hall–Kier alpha value is -5.94. The minimum absolute atomic E-state index is 0.0351. The average Bonchev–Trinajstić information content (AvgIpc) is 3.71. The van der Waals surface area contributed by atoms with Crippen LogP contribution in [0.3, 0.4) is 0 Å². The molecule has 2 aliphatic rings. The molecule has 3 aromatic heterocycles. The molecule has 6 rings (SSSR count). The number of nitrogen functional groups attached to an aromatic ring is 1. The summed E-state index contributed by atoms with van der Waals surface area (Å²) in [4.78, 5) is 81.1. The van der Waals surface area contributed by atoms with E-state index in [9.17, 15) is 49.5 Å². The number of carbonyl (C=O) groups is 5. The zero-order chi connectivity index (χ0) is 36.7. The third-order valence-electron chi connectivity index (χ3n) is 7.29. The van der Waals surface area contributed by atoms with Gasteiger partial charge in [-0.2, -0.15) is 9.50 Å². The number of nitrogens with two attached hydrogens (primary N) is 1. The first-order valence-electron chi connectivity index (χ1n) is 14.2. The highest BCUT2D eigenvalue weighted by Gasteiger charge is 2.54. The standard InChI is InChI=1S/C28H23N9O11S3/c1-9-4-15(37-28(30-9)33-20(34-37)26(46)47)49-6-11-7-50-23-17(22(41)36(23)18(11)24(42)43)32-21(40)16(12-8-51-27(29)31-12)35-48-19(25(44)45)10-2-3-13(38)14(39)5-10/h2-5,8,17,19,23,38-39H,6-7H2,1H3,(H2,29,31)(H,32,40)(H,42,43)(H,44,45)(H,46,47)/b35-16+/t17-,19+,23-/m1/s1. The van der Waals surface area contributed by atoms with E-state index < -0.39 is 70.3 Å². The monoisotopic (exact) mass is 757 g/mol. The number of carboxylic acids is 3. The van der Waals surface area contributed by atoms with Crippen LogP contribution in [0.1, 0.15) is 33.7 Å². The summed E-state index contributed by atoms with van der Waals surface area (Å²) >= 11 is 3.27. The maximum absolute atomic E-state index is 13.5. The Bertz CT molecular complexity index is 2200. The number of aryl methyl sites for hydroxylation is 1. The van der Waals surface area contributed by atoms with E-state index in [-0.39, 0.29) is 39.4 Å². The molecule has 0 saturated carbocycles. The van der Waals surface area contributed by atoms with Gasteiger partial charge in [0.2, 0.25) is 6.10 Å². The second-order valence-electron chi connectivity index (χ2n) is 10.7. The van der Waals surface area contributed by atoms with E-state index in [0.29, 0.717) is 16.3 Å². The number of anilines is 1. The lowest BCUT2D eigenvalue weighted by Gasteiger charge is -2.49. The molecule has 23 heteroatoms. The van der Waals surface area contributed by atoms with Gasteiger partial charge in [-0.1, -0.05) is 11.2 Å². The van der Waals surface area contributed by atoms with Crippen molar-refractivity contribution in [2.45, 2.75) is 29.5 Å². The van der Waals surface area contributed by atoms with E-state index in [4.69, 9.17) is 10.6 Å². The van der Waals surface area contributed by atoms with Crippen LogP contribution in [0, 0.1) is 6.92 Å². The fraction of sp³-hybridized carbons (Fsp3) is 0.214. The van der Waals surface area contributed by atoms with Gasteiger partial charge in [0.25, 0.3) is 23.4 Å². The largest absolute Gasteiger partial charge is 0.504 e. The van der Waals surface area contributed by atoms with Crippen molar-refractivity contribution in [1.82, 2.24) is 34.8 Å². The number of hydrogen-bond acceptors (Lipinski definition) is 17. The highest BCUT2D eigenvalue weighted by Crippen LogP contribution is 2.42. The fourth-order valence-corrected chi connectivity index (χ4v) is 8.05. The van der Waals surface area contributed by atoms with Crippen LogP contribution in [0.15, 0.2) is 51.1 Å². The molecule has 4 aromatic rings. The third-order valence-corrected chi connectivity index (χ3v) is 10.4. The maximum Gasteiger partial charge on any atom is 0.375 e. The number of carbonyl (C=O) groups excluding carboxylic acids is 2. The summed E-state index contributed by atoms with van der Waals surface area (Å²) in [5.74, 6) is -7.37.